The highest BCUT2D eigenvalue weighted by Gasteiger charge is 2.21. The molecule has 1 fully saturated rings. The van der Waals surface area contributed by atoms with Gasteiger partial charge in [0.15, 0.2) is 0 Å². The highest BCUT2D eigenvalue weighted by molar-refractivity contribution is 5.96. The van der Waals surface area contributed by atoms with Crippen LogP contribution in [0.4, 0.5) is 0 Å². The van der Waals surface area contributed by atoms with Gasteiger partial charge in [-0.2, -0.15) is 0 Å². The summed E-state index contributed by atoms with van der Waals surface area (Å²) in [6.45, 7) is 1.74. The van der Waals surface area contributed by atoms with Gasteiger partial charge in [0.2, 0.25) is 0 Å². The van der Waals surface area contributed by atoms with Crippen LogP contribution in [-0.2, 0) is 4.74 Å². The molecule has 2 rings (SSSR count). The molecule has 108 valence electrons. The Hall–Kier alpha value is -1.95. The van der Waals surface area contributed by atoms with Gasteiger partial charge in [0.1, 0.15) is 5.69 Å². The number of hydrogen-bond acceptors (Lipinski definition) is 4. The molecule has 1 heterocycles. The lowest BCUT2D eigenvalue weighted by atomic mass is 10.2. The molecule has 1 saturated carbocycles. The van der Waals surface area contributed by atoms with Crippen molar-refractivity contribution in [2.45, 2.75) is 12.8 Å². The third kappa shape index (κ3) is 4.03. The Bertz CT molecular complexity index is 500. The molecule has 0 radical (unpaired) electrons. The van der Waals surface area contributed by atoms with Crippen molar-refractivity contribution in [2.75, 3.05) is 26.8 Å². The molecular formula is C14H18N2O4. The average Bonchev–Trinajstić information content (AvgIpc) is 3.26. The number of ether oxygens (including phenoxy) is 1. The molecule has 6 nitrogen and oxygen atoms in total. The summed E-state index contributed by atoms with van der Waals surface area (Å²) in [5, 5.41) is 8.85. The first-order valence-electron chi connectivity index (χ1n) is 6.60. The molecule has 1 N–H and O–H groups in total. The standard InChI is InChI=1S/C14H18N2O4/c1-16(6-7-20-9-10-2-3-10)13(17)11-4-5-15-12(8-11)14(18)19/h4-5,8,10H,2-3,6-7,9H2,1H3,(H,18,19). The summed E-state index contributed by atoms with van der Waals surface area (Å²) in [5.41, 5.74) is 0.191. The molecule has 6 heteroatoms. The summed E-state index contributed by atoms with van der Waals surface area (Å²) in [6, 6.07) is 2.79. The van der Waals surface area contributed by atoms with Crippen molar-refractivity contribution in [1.29, 1.82) is 0 Å². The van der Waals surface area contributed by atoms with E-state index >= 15 is 0 Å². The third-order valence-corrected chi connectivity index (χ3v) is 3.19. The highest BCUT2D eigenvalue weighted by atomic mass is 16.5. The molecule has 0 unspecified atom stereocenters. The van der Waals surface area contributed by atoms with Crippen molar-refractivity contribution in [3.05, 3.63) is 29.6 Å². The lowest BCUT2D eigenvalue weighted by Gasteiger charge is -2.17. The molecule has 0 aromatic carbocycles. The number of hydrogen-bond donors (Lipinski definition) is 1. The number of nitrogens with zero attached hydrogens (tertiary/aromatic N) is 2. The van der Waals surface area contributed by atoms with Gasteiger partial charge in [-0.25, -0.2) is 9.78 Å². The Balaban J connectivity index is 1.84. The van der Waals surface area contributed by atoms with Crippen LogP contribution >= 0.6 is 0 Å². The summed E-state index contributed by atoms with van der Waals surface area (Å²) in [6.07, 6.45) is 3.81. The van der Waals surface area contributed by atoms with Gasteiger partial charge in [0.25, 0.3) is 5.91 Å². The van der Waals surface area contributed by atoms with E-state index in [1.54, 1.807) is 7.05 Å². The zero-order chi connectivity index (χ0) is 14.5. The lowest BCUT2D eigenvalue weighted by Crippen LogP contribution is -2.30. The van der Waals surface area contributed by atoms with Crippen LogP contribution in [0.25, 0.3) is 0 Å². The zero-order valence-electron chi connectivity index (χ0n) is 11.4. The van der Waals surface area contributed by atoms with Gasteiger partial charge in [0, 0.05) is 32.0 Å². The monoisotopic (exact) mass is 278 g/mol. The first-order valence-corrected chi connectivity index (χ1v) is 6.60. The first-order chi connectivity index (χ1) is 9.58. The maximum absolute atomic E-state index is 12.1. The van der Waals surface area contributed by atoms with Gasteiger partial charge < -0.3 is 14.7 Å². The van der Waals surface area contributed by atoms with Crippen LogP contribution < -0.4 is 0 Å². The summed E-state index contributed by atoms with van der Waals surface area (Å²) in [7, 11) is 1.67. The smallest absolute Gasteiger partial charge is 0.354 e. The molecule has 1 amide bonds. The molecule has 20 heavy (non-hydrogen) atoms. The van der Waals surface area contributed by atoms with E-state index < -0.39 is 5.97 Å². The molecular weight excluding hydrogens is 260 g/mol. The van der Waals surface area contributed by atoms with Crippen molar-refractivity contribution < 1.29 is 19.4 Å². The van der Waals surface area contributed by atoms with Crippen molar-refractivity contribution in [2.24, 2.45) is 5.92 Å². The molecule has 1 aromatic heterocycles. The minimum absolute atomic E-state index is 0.130. The molecule has 0 saturated heterocycles. The first kappa shape index (κ1) is 14.5. The second-order valence-electron chi connectivity index (χ2n) is 4.98. The van der Waals surface area contributed by atoms with Gasteiger partial charge >= 0.3 is 5.97 Å². The Labute approximate surface area is 117 Å². The number of rotatable bonds is 7. The summed E-state index contributed by atoms with van der Waals surface area (Å²) in [5.74, 6) is -0.672. The van der Waals surface area contributed by atoms with E-state index in [2.05, 4.69) is 4.98 Å². The van der Waals surface area contributed by atoms with Crippen molar-refractivity contribution in [3.8, 4) is 0 Å². The lowest BCUT2D eigenvalue weighted by molar-refractivity contribution is 0.0680. The number of carboxylic acids is 1. The molecule has 1 aromatic rings. The minimum atomic E-state index is -1.14. The van der Waals surface area contributed by atoms with Crippen LogP contribution in [0.1, 0.15) is 33.7 Å². The maximum atomic E-state index is 12.1. The largest absolute Gasteiger partial charge is 0.477 e. The van der Waals surface area contributed by atoms with Crippen LogP contribution in [0, 0.1) is 5.92 Å². The highest BCUT2D eigenvalue weighted by Crippen LogP contribution is 2.28. The number of likely N-dealkylation sites (N-methyl/N-ethyl adjacent to an activating group) is 1. The van der Waals surface area contributed by atoms with Gasteiger partial charge in [-0.3, -0.25) is 4.79 Å². The van der Waals surface area contributed by atoms with Crippen LogP contribution in [0.5, 0.6) is 0 Å². The minimum Gasteiger partial charge on any atom is -0.477 e. The second kappa shape index (κ2) is 6.47. The van der Waals surface area contributed by atoms with Gasteiger partial charge in [-0.05, 0) is 30.9 Å². The van der Waals surface area contributed by atoms with Crippen molar-refractivity contribution in [3.63, 3.8) is 0 Å². The normalized spacial score (nSPS) is 14.1. The number of carboxylic acid groups (broad SMARTS) is 1. The van der Waals surface area contributed by atoms with E-state index in [0.29, 0.717) is 24.6 Å². The Morgan fingerprint density at radius 1 is 1.50 bits per heavy atom. The van der Waals surface area contributed by atoms with E-state index in [4.69, 9.17) is 9.84 Å². The van der Waals surface area contributed by atoms with E-state index in [1.165, 1.54) is 36.1 Å². The van der Waals surface area contributed by atoms with Gasteiger partial charge in [0.05, 0.1) is 6.61 Å². The quantitative estimate of drug-likeness (QED) is 0.760. The van der Waals surface area contributed by atoms with Gasteiger partial charge in [-0.1, -0.05) is 0 Å². The van der Waals surface area contributed by atoms with Crippen molar-refractivity contribution in [1.82, 2.24) is 9.88 Å². The molecule has 1 aliphatic rings. The number of aromatic nitrogens is 1. The predicted octanol–water partition coefficient (Wildman–Crippen LogP) is 1.28. The summed E-state index contributed by atoms with van der Waals surface area (Å²) < 4.78 is 5.48. The number of amides is 1. The molecule has 1 aliphatic carbocycles. The fourth-order valence-electron chi connectivity index (χ4n) is 1.74. The number of carbonyl (C=O) groups excluding carboxylic acids is 1. The fraction of sp³-hybridized carbons (Fsp3) is 0.500. The fourth-order valence-corrected chi connectivity index (χ4v) is 1.74. The van der Waals surface area contributed by atoms with E-state index in [1.807, 2.05) is 0 Å². The molecule has 0 aliphatic heterocycles. The third-order valence-electron chi connectivity index (χ3n) is 3.19. The van der Waals surface area contributed by atoms with Crippen LogP contribution in [0.3, 0.4) is 0 Å². The predicted molar refractivity (Wildman–Crippen MR) is 71.7 cm³/mol. The van der Waals surface area contributed by atoms with Crippen LogP contribution in [-0.4, -0.2) is 53.7 Å². The topological polar surface area (TPSA) is 79.7 Å². The second-order valence-corrected chi connectivity index (χ2v) is 4.98. The van der Waals surface area contributed by atoms with E-state index in [-0.39, 0.29) is 11.6 Å². The molecule has 0 bridgehead atoms. The number of carbonyl (C=O) groups is 2. The van der Waals surface area contributed by atoms with Crippen LogP contribution in [0.15, 0.2) is 18.3 Å². The number of pyridine rings is 1. The molecule has 0 spiro atoms. The number of aromatic carboxylic acids is 1. The SMILES string of the molecule is CN(CCOCC1CC1)C(=O)c1ccnc(C(=O)O)c1. The molecule has 0 atom stereocenters. The van der Waals surface area contributed by atoms with E-state index in [0.717, 1.165) is 6.61 Å². The van der Waals surface area contributed by atoms with Crippen LogP contribution in [0.2, 0.25) is 0 Å². The van der Waals surface area contributed by atoms with Crippen molar-refractivity contribution >= 4 is 11.9 Å². The Morgan fingerprint density at radius 3 is 2.90 bits per heavy atom. The Morgan fingerprint density at radius 2 is 2.25 bits per heavy atom. The zero-order valence-corrected chi connectivity index (χ0v) is 11.4. The van der Waals surface area contributed by atoms with Gasteiger partial charge in [-0.15, -0.1) is 0 Å². The van der Waals surface area contributed by atoms with E-state index in [9.17, 15) is 9.59 Å². The summed E-state index contributed by atoms with van der Waals surface area (Å²) >= 11 is 0. The average molecular weight is 278 g/mol. The summed E-state index contributed by atoms with van der Waals surface area (Å²) in [4.78, 5) is 28.1. The Kier molecular flexibility index (Phi) is 4.68. The maximum Gasteiger partial charge on any atom is 0.354 e.